The van der Waals surface area contributed by atoms with Gasteiger partial charge < -0.3 is 18.9 Å². The molecule has 0 N–H and O–H groups in total. The van der Waals surface area contributed by atoms with Gasteiger partial charge in [0.1, 0.15) is 57.4 Å². The van der Waals surface area contributed by atoms with Gasteiger partial charge in [-0.2, -0.15) is 13.2 Å². The Morgan fingerprint density at radius 3 is 1.55 bits per heavy atom. The third-order valence-corrected chi connectivity index (χ3v) is 5.48. The minimum absolute atomic E-state index is 0. The molecule has 3 rings (SSSR count). The molecule has 0 unspecified atom stereocenters. The molecule has 0 heterocycles. The van der Waals surface area contributed by atoms with Crippen LogP contribution in [0.4, 0.5) is 30.7 Å². The maximum Gasteiger partial charge on any atom is 0.422 e. The summed E-state index contributed by atoms with van der Waals surface area (Å²) in [4.78, 5) is 12.5. The lowest BCUT2D eigenvalue weighted by molar-refractivity contribution is -0.142. The van der Waals surface area contributed by atoms with Crippen molar-refractivity contribution in [3.05, 3.63) is 70.8 Å². The lowest BCUT2D eigenvalue weighted by atomic mass is 10.00. The van der Waals surface area contributed by atoms with Crippen molar-refractivity contribution in [2.75, 3.05) is 19.8 Å². The van der Waals surface area contributed by atoms with Crippen molar-refractivity contribution in [2.24, 2.45) is 0 Å². The standard InChI is InChI=1S/C29H27F7O5.CH4/c1-4-7-38-17-14-23(39-8-5-2)25(24(15-17)40-9-6-3)16-10-19(30)26(20(31)11-16)28(37)41-18-12-21(32)27(22(33)13-18)29(34,35)36;/h10-15H,4-9H2,1-3H3;1H4. The van der Waals surface area contributed by atoms with Crippen LogP contribution in [0.25, 0.3) is 11.1 Å². The summed E-state index contributed by atoms with van der Waals surface area (Å²) in [5, 5.41) is 0. The molecule has 12 heteroatoms. The van der Waals surface area contributed by atoms with Crippen LogP contribution >= 0.6 is 0 Å². The monoisotopic (exact) mass is 604 g/mol. The van der Waals surface area contributed by atoms with Crippen molar-refractivity contribution in [2.45, 2.75) is 53.6 Å². The first-order valence-electron chi connectivity index (χ1n) is 12.7. The summed E-state index contributed by atoms with van der Waals surface area (Å²) in [6, 6.07) is 4.90. The number of carbonyl (C=O) groups is 1. The zero-order valence-electron chi connectivity index (χ0n) is 22.4. The van der Waals surface area contributed by atoms with Crippen LogP contribution in [0.2, 0.25) is 0 Å². The maximum absolute atomic E-state index is 15.2. The van der Waals surface area contributed by atoms with Crippen LogP contribution in [0.15, 0.2) is 36.4 Å². The summed E-state index contributed by atoms with van der Waals surface area (Å²) in [5.74, 6) is -8.88. The van der Waals surface area contributed by atoms with Gasteiger partial charge in [0.25, 0.3) is 0 Å². The third-order valence-electron chi connectivity index (χ3n) is 5.48. The van der Waals surface area contributed by atoms with Crippen LogP contribution in [-0.2, 0) is 6.18 Å². The van der Waals surface area contributed by atoms with Gasteiger partial charge in [-0.15, -0.1) is 0 Å². The normalized spacial score (nSPS) is 11.1. The molecule has 0 amide bonds. The quantitative estimate of drug-likeness (QED) is 0.117. The molecular formula is C30H31F7O5. The molecule has 0 aliphatic carbocycles. The van der Waals surface area contributed by atoms with Gasteiger partial charge in [0, 0.05) is 24.3 Å². The van der Waals surface area contributed by atoms with E-state index in [1.807, 2.05) is 20.8 Å². The first-order chi connectivity index (χ1) is 19.4. The molecular weight excluding hydrogens is 573 g/mol. The number of hydrogen-bond donors (Lipinski definition) is 0. The molecule has 0 aromatic heterocycles. The zero-order chi connectivity index (χ0) is 30.3. The van der Waals surface area contributed by atoms with E-state index >= 15 is 8.78 Å². The van der Waals surface area contributed by atoms with Crippen LogP contribution in [0.1, 0.15) is 63.4 Å². The predicted octanol–water partition coefficient (Wildman–Crippen LogP) is 9.15. The first kappa shape index (κ1) is 34.2. The van der Waals surface area contributed by atoms with Gasteiger partial charge in [-0.1, -0.05) is 28.2 Å². The van der Waals surface area contributed by atoms with E-state index in [-0.39, 0.29) is 55.4 Å². The number of carbonyl (C=O) groups excluding carboxylic acids is 1. The Balaban J connectivity index is 0.00000616. The fourth-order valence-corrected chi connectivity index (χ4v) is 3.76. The average Bonchev–Trinajstić information content (AvgIpc) is 2.87. The number of rotatable bonds is 12. The molecule has 0 saturated carbocycles. The number of halogens is 7. The summed E-state index contributed by atoms with van der Waals surface area (Å²) < 4.78 is 119. The lowest BCUT2D eigenvalue weighted by Gasteiger charge is -2.19. The van der Waals surface area contributed by atoms with Crippen molar-refractivity contribution in [1.29, 1.82) is 0 Å². The smallest absolute Gasteiger partial charge is 0.422 e. The van der Waals surface area contributed by atoms with Crippen LogP contribution in [-0.4, -0.2) is 25.8 Å². The second kappa shape index (κ2) is 14.8. The van der Waals surface area contributed by atoms with E-state index in [0.29, 0.717) is 25.2 Å². The number of esters is 1. The Labute approximate surface area is 239 Å². The Hall–Kier alpha value is -3.96. The topological polar surface area (TPSA) is 54.0 Å². The molecule has 0 radical (unpaired) electrons. The minimum atomic E-state index is -5.36. The SMILES string of the molecule is C.CCCOc1cc(OCCC)c(-c2cc(F)c(C(=O)Oc3cc(F)c(C(F)(F)F)c(F)c3)c(F)c2)c(OCCC)c1. The molecule has 42 heavy (non-hydrogen) atoms. The molecule has 3 aromatic carbocycles. The summed E-state index contributed by atoms with van der Waals surface area (Å²) >= 11 is 0. The lowest BCUT2D eigenvalue weighted by Crippen LogP contribution is -2.16. The second-order valence-corrected chi connectivity index (χ2v) is 8.80. The molecule has 230 valence electrons. The van der Waals surface area contributed by atoms with E-state index in [1.165, 1.54) is 0 Å². The minimum Gasteiger partial charge on any atom is -0.493 e. The second-order valence-electron chi connectivity index (χ2n) is 8.80. The van der Waals surface area contributed by atoms with Crippen molar-refractivity contribution in [3.8, 4) is 34.1 Å². The highest BCUT2D eigenvalue weighted by Gasteiger charge is 2.38. The Bertz CT molecular complexity index is 1310. The number of benzene rings is 3. The predicted molar refractivity (Wildman–Crippen MR) is 142 cm³/mol. The molecule has 0 aliphatic rings. The first-order valence-corrected chi connectivity index (χ1v) is 12.7. The van der Waals surface area contributed by atoms with Crippen LogP contribution in [0.3, 0.4) is 0 Å². The van der Waals surface area contributed by atoms with Gasteiger partial charge in [-0.05, 0) is 37.0 Å². The molecule has 5 nitrogen and oxygen atoms in total. The van der Waals surface area contributed by atoms with Crippen molar-refractivity contribution in [1.82, 2.24) is 0 Å². The highest BCUT2D eigenvalue weighted by molar-refractivity contribution is 5.93. The van der Waals surface area contributed by atoms with Crippen molar-refractivity contribution < 1.29 is 54.5 Å². The van der Waals surface area contributed by atoms with Gasteiger partial charge in [-0.25, -0.2) is 22.4 Å². The number of hydrogen-bond acceptors (Lipinski definition) is 5. The van der Waals surface area contributed by atoms with E-state index in [9.17, 15) is 26.7 Å². The van der Waals surface area contributed by atoms with E-state index in [2.05, 4.69) is 4.74 Å². The third kappa shape index (κ3) is 8.07. The van der Waals surface area contributed by atoms with Crippen molar-refractivity contribution in [3.63, 3.8) is 0 Å². The zero-order valence-corrected chi connectivity index (χ0v) is 22.4. The summed E-state index contributed by atoms with van der Waals surface area (Å²) in [5.41, 5.74) is -3.32. The molecule has 0 atom stereocenters. The van der Waals surface area contributed by atoms with Gasteiger partial charge in [0.05, 0.1) is 25.4 Å². The fourth-order valence-electron chi connectivity index (χ4n) is 3.76. The van der Waals surface area contributed by atoms with Crippen molar-refractivity contribution >= 4 is 5.97 Å². The van der Waals surface area contributed by atoms with Gasteiger partial charge in [-0.3, -0.25) is 0 Å². The molecule has 0 bridgehead atoms. The molecule has 3 aromatic rings. The maximum atomic E-state index is 15.2. The molecule has 0 fully saturated rings. The molecule has 0 spiro atoms. The van der Waals surface area contributed by atoms with Gasteiger partial charge >= 0.3 is 12.1 Å². The highest BCUT2D eigenvalue weighted by atomic mass is 19.4. The summed E-state index contributed by atoms with van der Waals surface area (Å²) in [7, 11) is 0. The van der Waals surface area contributed by atoms with E-state index < -0.39 is 52.3 Å². The van der Waals surface area contributed by atoms with Crippen LogP contribution in [0.5, 0.6) is 23.0 Å². The Morgan fingerprint density at radius 1 is 0.667 bits per heavy atom. The van der Waals surface area contributed by atoms with E-state index in [1.54, 1.807) is 12.1 Å². The summed E-state index contributed by atoms with van der Waals surface area (Å²) in [6.07, 6.45) is -3.41. The molecule has 0 saturated heterocycles. The van der Waals surface area contributed by atoms with Crippen LogP contribution in [0, 0.1) is 23.3 Å². The van der Waals surface area contributed by atoms with Crippen LogP contribution < -0.4 is 18.9 Å². The number of alkyl halides is 3. The number of ether oxygens (including phenoxy) is 4. The van der Waals surface area contributed by atoms with E-state index in [4.69, 9.17) is 14.2 Å². The Morgan fingerprint density at radius 2 is 1.12 bits per heavy atom. The van der Waals surface area contributed by atoms with Gasteiger partial charge in [0.15, 0.2) is 0 Å². The highest BCUT2D eigenvalue weighted by Crippen LogP contribution is 2.43. The summed E-state index contributed by atoms with van der Waals surface area (Å²) in [6.45, 7) is 6.55. The Kier molecular flexibility index (Phi) is 12.1. The van der Waals surface area contributed by atoms with Gasteiger partial charge in [0.2, 0.25) is 0 Å². The average molecular weight is 605 g/mol. The fraction of sp³-hybridized carbons (Fsp3) is 0.367. The van der Waals surface area contributed by atoms with E-state index in [0.717, 1.165) is 18.6 Å². The largest absolute Gasteiger partial charge is 0.493 e. The molecule has 0 aliphatic heterocycles.